The largest absolute Gasteiger partial charge is 0.508 e. The summed E-state index contributed by atoms with van der Waals surface area (Å²) in [5.74, 6) is 0.181. The van der Waals surface area contributed by atoms with Crippen molar-refractivity contribution in [3.8, 4) is 5.75 Å². The fourth-order valence-electron chi connectivity index (χ4n) is 2.90. The quantitative estimate of drug-likeness (QED) is 0.717. The lowest BCUT2D eigenvalue weighted by Gasteiger charge is -2.17. The van der Waals surface area contributed by atoms with Gasteiger partial charge in [0.15, 0.2) is 0 Å². The zero-order valence-corrected chi connectivity index (χ0v) is 14.4. The van der Waals surface area contributed by atoms with Crippen molar-refractivity contribution in [1.29, 1.82) is 0 Å². The van der Waals surface area contributed by atoms with Gasteiger partial charge in [0.05, 0.1) is 32.3 Å². The maximum absolute atomic E-state index is 13.2. The van der Waals surface area contributed by atoms with Gasteiger partial charge in [0.2, 0.25) is 0 Å². The zero-order valence-electron chi connectivity index (χ0n) is 12.8. The van der Waals surface area contributed by atoms with Crippen LogP contribution in [0.25, 0.3) is 0 Å². The molecule has 0 amide bonds. The van der Waals surface area contributed by atoms with Crippen LogP contribution in [0.4, 0.5) is 5.69 Å². The molecule has 1 aliphatic heterocycles. The van der Waals surface area contributed by atoms with Crippen molar-refractivity contribution in [2.45, 2.75) is 16.6 Å². The number of hydrogen-bond donors (Lipinski definition) is 1. The minimum Gasteiger partial charge on any atom is -0.508 e. The fourth-order valence-corrected chi connectivity index (χ4v) is 5.20. The van der Waals surface area contributed by atoms with E-state index in [-0.39, 0.29) is 11.0 Å². The molecule has 2 heterocycles. The van der Waals surface area contributed by atoms with E-state index in [1.165, 1.54) is 0 Å². The van der Waals surface area contributed by atoms with Crippen LogP contribution in [0.3, 0.4) is 0 Å². The summed E-state index contributed by atoms with van der Waals surface area (Å²) in [6.07, 6.45) is 0.527. The number of rotatable bonds is 2. The molecule has 0 fully saturated rings. The van der Waals surface area contributed by atoms with Crippen LogP contribution in [0.5, 0.6) is 5.75 Å². The average Bonchev–Trinajstić information content (AvgIpc) is 3.09. The molecule has 0 spiro atoms. The summed E-state index contributed by atoms with van der Waals surface area (Å²) >= 11 is 1.62. The number of phenols is 1. The van der Waals surface area contributed by atoms with Gasteiger partial charge in [0, 0.05) is 16.9 Å². The summed E-state index contributed by atoms with van der Waals surface area (Å²) in [6.45, 7) is 0. The van der Waals surface area contributed by atoms with Crippen molar-refractivity contribution in [3.63, 3.8) is 0 Å². The Hall–Kier alpha value is -2.24. The van der Waals surface area contributed by atoms with Crippen LogP contribution in [-0.4, -0.2) is 15.0 Å². The predicted molar refractivity (Wildman–Crippen MR) is 98.8 cm³/mol. The molecule has 0 radical (unpaired) electrons. The molecule has 0 aliphatic carbocycles. The molecule has 3 aromatic rings. The highest BCUT2D eigenvalue weighted by Gasteiger charge is 2.29. The second kappa shape index (κ2) is 6.34. The predicted octanol–water partition coefficient (Wildman–Crippen LogP) is 4.83. The van der Waals surface area contributed by atoms with Gasteiger partial charge in [-0.25, -0.2) is 0 Å². The molecule has 2 atom stereocenters. The van der Waals surface area contributed by atoms with Crippen molar-refractivity contribution in [2.75, 3.05) is 0 Å². The Morgan fingerprint density at radius 3 is 2.62 bits per heavy atom. The Kier molecular flexibility index (Phi) is 4.04. The molecular weight excluding hydrogens is 338 g/mol. The minimum absolute atomic E-state index is 0.181. The lowest BCUT2D eigenvalue weighted by atomic mass is 10.0. The molecule has 0 unspecified atom stereocenters. The van der Waals surface area contributed by atoms with Crippen LogP contribution in [-0.2, 0) is 10.8 Å². The molecule has 0 bridgehead atoms. The topological polar surface area (TPSA) is 49.7 Å². The Balaban J connectivity index is 1.89. The van der Waals surface area contributed by atoms with Crippen LogP contribution in [0.15, 0.2) is 75.9 Å². The summed E-state index contributed by atoms with van der Waals surface area (Å²) in [7, 11) is -1.28. The molecule has 1 aliphatic rings. The van der Waals surface area contributed by atoms with Crippen LogP contribution < -0.4 is 0 Å². The zero-order chi connectivity index (χ0) is 16.5. The number of nitrogens with zero attached hydrogens (tertiary/aromatic N) is 1. The number of para-hydroxylation sites is 2. The Morgan fingerprint density at radius 1 is 1.04 bits per heavy atom. The van der Waals surface area contributed by atoms with E-state index in [0.717, 1.165) is 21.2 Å². The standard InChI is InChI=1S/C19H15NO2S2/c21-16-8-3-1-6-13(16)19-12-15(17-9-5-11-23-17)20-14-7-2-4-10-18(14)24(19)22/h1-11,19,21H,12H2/t19-,24-/m0/s1. The summed E-state index contributed by atoms with van der Waals surface area (Å²) in [4.78, 5) is 6.58. The van der Waals surface area contributed by atoms with E-state index in [9.17, 15) is 9.32 Å². The van der Waals surface area contributed by atoms with Crippen LogP contribution in [0.1, 0.15) is 22.1 Å². The van der Waals surface area contributed by atoms with Crippen molar-refractivity contribution in [3.05, 3.63) is 76.5 Å². The molecule has 1 N–H and O–H groups in total. The molecule has 4 rings (SSSR count). The number of aromatic hydroxyl groups is 1. The summed E-state index contributed by atoms with van der Waals surface area (Å²) in [5.41, 5.74) is 2.37. The van der Waals surface area contributed by atoms with E-state index in [1.807, 2.05) is 53.9 Å². The van der Waals surface area contributed by atoms with Gasteiger partial charge >= 0.3 is 0 Å². The smallest absolute Gasteiger partial charge is 0.120 e. The Morgan fingerprint density at radius 2 is 1.83 bits per heavy atom. The van der Waals surface area contributed by atoms with Crippen LogP contribution in [0, 0.1) is 0 Å². The number of thiophene rings is 1. The molecule has 3 nitrogen and oxygen atoms in total. The van der Waals surface area contributed by atoms with Gasteiger partial charge in [-0.3, -0.25) is 9.20 Å². The van der Waals surface area contributed by atoms with Gasteiger partial charge in [0.25, 0.3) is 0 Å². The van der Waals surface area contributed by atoms with Gasteiger partial charge in [-0.15, -0.1) is 11.3 Å². The fraction of sp³-hybridized carbons (Fsp3) is 0.105. The lowest BCUT2D eigenvalue weighted by Crippen LogP contribution is -2.11. The van der Waals surface area contributed by atoms with E-state index < -0.39 is 10.8 Å². The number of hydrogen-bond acceptors (Lipinski definition) is 4. The van der Waals surface area contributed by atoms with E-state index in [2.05, 4.69) is 0 Å². The van der Waals surface area contributed by atoms with Crippen molar-refractivity contribution in [2.24, 2.45) is 4.99 Å². The molecule has 5 heteroatoms. The second-order valence-corrected chi connectivity index (χ2v) is 8.10. The number of aliphatic imine (C=N–C) groups is 1. The van der Waals surface area contributed by atoms with Gasteiger partial charge in [-0.1, -0.05) is 36.4 Å². The molecule has 0 saturated carbocycles. The van der Waals surface area contributed by atoms with E-state index >= 15 is 0 Å². The van der Waals surface area contributed by atoms with Crippen molar-refractivity contribution >= 4 is 33.5 Å². The van der Waals surface area contributed by atoms with Crippen molar-refractivity contribution in [1.82, 2.24) is 0 Å². The number of benzene rings is 2. The highest BCUT2D eigenvalue weighted by Crippen LogP contribution is 2.40. The molecular formula is C19H15NO2S2. The molecule has 120 valence electrons. The highest BCUT2D eigenvalue weighted by atomic mass is 32.2. The maximum Gasteiger partial charge on any atom is 0.120 e. The Bertz CT molecular complexity index is 932. The summed E-state index contributed by atoms with van der Waals surface area (Å²) in [6, 6.07) is 18.7. The second-order valence-electron chi connectivity index (χ2n) is 5.55. The highest BCUT2D eigenvalue weighted by molar-refractivity contribution is 7.85. The number of fused-ring (bicyclic) bond motifs is 1. The minimum atomic E-state index is -1.28. The SMILES string of the molecule is O=[S@]1c2ccccc2N=C(c2cccs2)C[C@H]1c1ccccc1O. The normalized spacial score (nSPS) is 20.1. The van der Waals surface area contributed by atoms with E-state index in [4.69, 9.17) is 4.99 Å². The molecule has 0 saturated heterocycles. The molecule has 1 aromatic heterocycles. The first-order valence-corrected chi connectivity index (χ1v) is 9.72. The first-order valence-electron chi connectivity index (χ1n) is 7.63. The molecule has 24 heavy (non-hydrogen) atoms. The third kappa shape index (κ3) is 2.70. The third-order valence-corrected chi connectivity index (χ3v) is 6.70. The van der Waals surface area contributed by atoms with E-state index in [1.54, 1.807) is 23.5 Å². The van der Waals surface area contributed by atoms with Gasteiger partial charge in [-0.05, 0) is 29.6 Å². The lowest BCUT2D eigenvalue weighted by molar-refractivity contribution is 0.467. The van der Waals surface area contributed by atoms with Gasteiger partial charge < -0.3 is 5.11 Å². The third-order valence-electron chi connectivity index (χ3n) is 4.06. The van der Waals surface area contributed by atoms with E-state index in [0.29, 0.717) is 12.0 Å². The average molecular weight is 353 g/mol. The first-order chi connectivity index (χ1) is 11.7. The van der Waals surface area contributed by atoms with Gasteiger partial charge in [-0.2, -0.15) is 0 Å². The van der Waals surface area contributed by atoms with Crippen LogP contribution in [0.2, 0.25) is 0 Å². The maximum atomic E-state index is 13.2. The first kappa shape index (κ1) is 15.3. The summed E-state index contributed by atoms with van der Waals surface area (Å²) in [5, 5.41) is 12.0. The number of phenolic OH excluding ortho intramolecular Hbond substituents is 1. The monoisotopic (exact) mass is 353 g/mol. The van der Waals surface area contributed by atoms with Crippen molar-refractivity contribution < 1.29 is 9.32 Å². The Labute approximate surface area is 146 Å². The van der Waals surface area contributed by atoms with Crippen LogP contribution >= 0.6 is 11.3 Å². The van der Waals surface area contributed by atoms with Gasteiger partial charge in [0.1, 0.15) is 5.75 Å². The summed E-state index contributed by atoms with van der Waals surface area (Å²) < 4.78 is 13.2. The molecule has 2 aromatic carbocycles.